The molecule has 0 aliphatic carbocycles. The van der Waals surface area contributed by atoms with E-state index < -0.39 is 30.6 Å². The van der Waals surface area contributed by atoms with Gasteiger partial charge >= 0.3 is 18.1 Å². The lowest BCUT2D eigenvalue weighted by Crippen LogP contribution is -2.51. The van der Waals surface area contributed by atoms with Crippen LogP contribution in [0.5, 0.6) is 0 Å². The number of aliphatic hydroxyl groups excluding tert-OH is 1. The summed E-state index contributed by atoms with van der Waals surface area (Å²) >= 11 is 0. The van der Waals surface area contributed by atoms with Crippen molar-refractivity contribution in [3.63, 3.8) is 0 Å². The summed E-state index contributed by atoms with van der Waals surface area (Å²) in [5.74, 6) is -7.66. The second-order valence-corrected chi connectivity index (χ2v) is 2.41. The third kappa shape index (κ3) is 3.06. The molecule has 0 saturated heterocycles. The van der Waals surface area contributed by atoms with E-state index in [1.807, 2.05) is 6.58 Å². The molecular weight excluding hydrogens is 237 g/mol. The van der Waals surface area contributed by atoms with Crippen LogP contribution in [0.3, 0.4) is 0 Å². The molecule has 0 aromatic carbocycles. The van der Waals surface area contributed by atoms with Crippen LogP contribution in [-0.2, 0) is 4.74 Å². The molecule has 0 saturated carbocycles. The van der Waals surface area contributed by atoms with Crippen LogP contribution in [0, 0.1) is 0 Å². The van der Waals surface area contributed by atoms with Crippen molar-refractivity contribution in [2.45, 2.75) is 18.1 Å². The van der Waals surface area contributed by atoms with E-state index >= 15 is 0 Å². The van der Waals surface area contributed by atoms with Crippen molar-refractivity contribution in [1.29, 1.82) is 0 Å². The van der Waals surface area contributed by atoms with Crippen LogP contribution in [0.2, 0.25) is 0 Å². The summed E-state index contributed by atoms with van der Waals surface area (Å²) in [4.78, 5) is 0. The molecule has 1 N–H and O–H groups in total. The number of aliphatic hydroxyl groups is 1. The lowest BCUT2D eigenvalue weighted by molar-refractivity contribution is -0.410. The van der Waals surface area contributed by atoms with Crippen LogP contribution in [0.1, 0.15) is 0 Å². The normalized spacial score (nSPS) is 17.3. The molecule has 0 fully saturated rings. The smallest absolute Gasteiger partial charge is 0.390 e. The minimum absolute atomic E-state index is 1.97. The highest BCUT2D eigenvalue weighted by molar-refractivity contribution is 4.93. The van der Waals surface area contributed by atoms with Gasteiger partial charge in [-0.1, -0.05) is 6.58 Å². The van der Waals surface area contributed by atoms with Crippen molar-refractivity contribution in [3.8, 4) is 0 Å². The first-order chi connectivity index (χ1) is 6.46. The number of rotatable bonds is 4. The number of hydrogen-bond donors (Lipinski definition) is 1. The molecule has 0 spiro atoms. The Balaban J connectivity index is 4.96. The molecule has 0 bridgehead atoms. The van der Waals surface area contributed by atoms with Crippen molar-refractivity contribution < 1.29 is 40.6 Å². The predicted octanol–water partition coefficient (Wildman–Crippen LogP) is 2.30. The lowest BCUT2D eigenvalue weighted by atomic mass is 10.3. The van der Waals surface area contributed by atoms with Gasteiger partial charge in [-0.15, -0.1) is 0 Å². The Morgan fingerprint density at radius 2 is 1.53 bits per heavy atom. The maximum atomic E-state index is 12.6. The van der Waals surface area contributed by atoms with Crippen LogP contribution in [-0.4, -0.2) is 29.9 Å². The highest BCUT2D eigenvalue weighted by Crippen LogP contribution is 2.40. The number of halogens is 7. The summed E-state index contributed by atoms with van der Waals surface area (Å²) in [6.07, 6.45) is -11.1. The molecular formula is C6H5F7O2. The topological polar surface area (TPSA) is 29.5 Å². The van der Waals surface area contributed by atoms with Gasteiger partial charge in [0.05, 0.1) is 0 Å². The molecule has 0 aliphatic heterocycles. The molecule has 15 heavy (non-hydrogen) atoms. The third-order valence-corrected chi connectivity index (χ3v) is 1.23. The monoisotopic (exact) mass is 242 g/mol. The summed E-state index contributed by atoms with van der Waals surface area (Å²) in [5.41, 5.74) is 0. The summed E-state index contributed by atoms with van der Waals surface area (Å²) in [7, 11) is 0. The Morgan fingerprint density at radius 1 is 1.13 bits per heavy atom. The summed E-state index contributed by atoms with van der Waals surface area (Å²) in [6, 6.07) is 0. The van der Waals surface area contributed by atoms with Gasteiger partial charge in [0.1, 0.15) is 6.61 Å². The Morgan fingerprint density at radius 3 is 1.73 bits per heavy atom. The largest absolute Gasteiger partial charge is 0.451 e. The van der Waals surface area contributed by atoms with Crippen LogP contribution in [0.25, 0.3) is 0 Å². The molecule has 1 unspecified atom stereocenters. The Kier molecular flexibility index (Phi) is 3.75. The maximum absolute atomic E-state index is 12.6. The number of ether oxygens (including phenoxy) is 1. The highest BCUT2D eigenvalue weighted by atomic mass is 19.4. The fourth-order valence-electron chi connectivity index (χ4n) is 0.438. The van der Waals surface area contributed by atoms with Gasteiger partial charge in [0.2, 0.25) is 0 Å². The van der Waals surface area contributed by atoms with E-state index in [-0.39, 0.29) is 0 Å². The van der Waals surface area contributed by atoms with E-state index in [4.69, 9.17) is 5.11 Å². The van der Waals surface area contributed by atoms with Crippen LogP contribution in [0.15, 0.2) is 12.4 Å². The Bertz CT molecular complexity index is 248. The Labute approximate surface area is 78.9 Å². The summed E-state index contributed by atoms with van der Waals surface area (Å²) < 4.78 is 86.7. The van der Waals surface area contributed by atoms with Crippen molar-refractivity contribution >= 4 is 0 Å². The molecule has 1 atom stereocenters. The maximum Gasteiger partial charge on any atom is 0.451 e. The van der Waals surface area contributed by atoms with Gasteiger partial charge < -0.3 is 5.11 Å². The number of alkyl halides is 6. The SMILES string of the molecule is C=C(F)C(F)(F)OC(F)(CO)C(F)(F)F. The second kappa shape index (κ2) is 3.97. The fourth-order valence-corrected chi connectivity index (χ4v) is 0.438. The van der Waals surface area contributed by atoms with Gasteiger partial charge in [-0.3, -0.25) is 4.74 Å². The predicted molar refractivity (Wildman–Crippen MR) is 33.3 cm³/mol. The zero-order chi connectivity index (χ0) is 12.5. The molecule has 9 heteroatoms. The Hall–Kier alpha value is -0.830. The van der Waals surface area contributed by atoms with Crippen molar-refractivity contribution in [1.82, 2.24) is 0 Å². The molecule has 0 amide bonds. The first-order valence-corrected chi connectivity index (χ1v) is 3.25. The molecule has 2 nitrogen and oxygen atoms in total. The van der Waals surface area contributed by atoms with Gasteiger partial charge in [0, 0.05) is 0 Å². The third-order valence-electron chi connectivity index (χ3n) is 1.23. The van der Waals surface area contributed by atoms with Crippen molar-refractivity contribution in [2.24, 2.45) is 0 Å². The molecule has 0 aromatic heterocycles. The molecule has 0 rings (SSSR count). The van der Waals surface area contributed by atoms with E-state index in [2.05, 4.69) is 4.74 Å². The summed E-state index contributed by atoms with van der Waals surface area (Å²) in [6.45, 7) is -0.461. The zero-order valence-electron chi connectivity index (χ0n) is 6.92. The highest BCUT2D eigenvalue weighted by Gasteiger charge is 2.62. The van der Waals surface area contributed by atoms with Crippen molar-refractivity contribution in [3.05, 3.63) is 12.4 Å². The van der Waals surface area contributed by atoms with Gasteiger partial charge in [-0.2, -0.15) is 26.3 Å². The van der Waals surface area contributed by atoms with E-state index in [1.165, 1.54) is 0 Å². The van der Waals surface area contributed by atoms with Crippen LogP contribution in [0.4, 0.5) is 30.7 Å². The molecule has 0 heterocycles. The number of hydrogen-bond acceptors (Lipinski definition) is 2. The van der Waals surface area contributed by atoms with Gasteiger partial charge in [0.25, 0.3) is 0 Å². The lowest BCUT2D eigenvalue weighted by Gasteiger charge is -2.28. The van der Waals surface area contributed by atoms with Crippen LogP contribution >= 0.6 is 0 Å². The van der Waals surface area contributed by atoms with Gasteiger partial charge in [-0.25, -0.2) is 4.39 Å². The zero-order valence-corrected chi connectivity index (χ0v) is 6.92. The van der Waals surface area contributed by atoms with Crippen LogP contribution < -0.4 is 0 Å². The molecule has 0 radical (unpaired) electrons. The van der Waals surface area contributed by atoms with E-state index in [9.17, 15) is 30.7 Å². The van der Waals surface area contributed by atoms with Crippen molar-refractivity contribution in [2.75, 3.05) is 6.61 Å². The molecule has 0 aliphatic rings. The quantitative estimate of drug-likeness (QED) is 0.766. The van der Waals surface area contributed by atoms with E-state index in [0.29, 0.717) is 0 Å². The fraction of sp³-hybridized carbons (Fsp3) is 0.667. The standard InChI is InChI=1S/C6H5F7O2/c1-3(7)5(9,10)15-4(8,2-14)6(11,12)13/h14H,1-2H2. The van der Waals surface area contributed by atoms with E-state index in [1.54, 1.807) is 0 Å². The van der Waals surface area contributed by atoms with Gasteiger partial charge in [-0.05, 0) is 0 Å². The second-order valence-electron chi connectivity index (χ2n) is 2.41. The van der Waals surface area contributed by atoms with E-state index in [0.717, 1.165) is 0 Å². The minimum atomic E-state index is -5.93. The first-order valence-electron chi connectivity index (χ1n) is 3.25. The average Bonchev–Trinajstić information content (AvgIpc) is 2.01. The van der Waals surface area contributed by atoms with Gasteiger partial charge in [0.15, 0.2) is 5.83 Å². The first kappa shape index (κ1) is 14.2. The molecule has 0 aromatic rings. The summed E-state index contributed by atoms with van der Waals surface area (Å²) in [5, 5.41) is 7.96. The molecule has 90 valence electrons. The minimum Gasteiger partial charge on any atom is -0.390 e. The average molecular weight is 242 g/mol.